The third kappa shape index (κ3) is 4.32. The number of hydrogen-bond donors (Lipinski definition) is 0. The van der Waals surface area contributed by atoms with Crippen molar-refractivity contribution in [1.82, 2.24) is 0 Å². The topological polar surface area (TPSA) is 105 Å². The average molecular weight is 422 g/mol. The van der Waals surface area contributed by atoms with Crippen molar-refractivity contribution in [2.45, 2.75) is 108 Å². The first-order valence-corrected chi connectivity index (χ1v) is 11.3. The van der Waals surface area contributed by atoms with Crippen molar-refractivity contribution >= 4 is 23.9 Å². The number of carbonyl (C=O) groups excluding carboxylic acids is 4. The van der Waals surface area contributed by atoms with Crippen molar-refractivity contribution in [3.63, 3.8) is 0 Å². The molecular formula is C22H30O8. The van der Waals surface area contributed by atoms with E-state index in [9.17, 15) is 19.2 Å². The van der Waals surface area contributed by atoms with Crippen molar-refractivity contribution in [2.75, 3.05) is 0 Å². The van der Waals surface area contributed by atoms with Crippen LogP contribution in [0.25, 0.3) is 0 Å². The predicted molar refractivity (Wildman–Crippen MR) is 102 cm³/mol. The van der Waals surface area contributed by atoms with Crippen LogP contribution in [0, 0.1) is 5.41 Å². The van der Waals surface area contributed by atoms with Crippen molar-refractivity contribution in [1.29, 1.82) is 0 Å². The van der Waals surface area contributed by atoms with Gasteiger partial charge in [0.2, 0.25) is 0 Å². The van der Waals surface area contributed by atoms with E-state index in [1.165, 1.54) is 0 Å². The summed E-state index contributed by atoms with van der Waals surface area (Å²) in [6.45, 7) is 0. The van der Waals surface area contributed by atoms with Crippen molar-refractivity contribution in [2.24, 2.45) is 5.41 Å². The van der Waals surface area contributed by atoms with Crippen LogP contribution in [-0.4, -0.2) is 48.3 Å². The minimum Gasteiger partial charge on any atom is -0.462 e. The van der Waals surface area contributed by atoms with E-state index < -0.39 is 35.7 Å². The Labute approximate surface area is 175 Å². The molecule has 0 unspecified atom stereocenters. The summed E-state index contributed by atoms with van der Waals surface area (Å²) in [4.78, 5) is 52.2. The van der Waals surface area contributed by atoms with E-state index in [-0.39, 0.29) is 24.4 Å². The Hall–Kier alpha value is -2.12. The molecule has 0 aromatic carbocycles. The van der Waals surface area contributed by atoms with Crippen LogP contribution in [-0.2, 0) is 38.1 Å². The second-order valence-corrected chi connectivity index (χ2v) is 9.00. The fraction of sp³-hybridized carbons (Fsp3) is 0.818. The largest absolute Gasteiger partial charge is 0.462 e. The van der Waals surface area contributed by atoms with Gasteiger partial charge in [-0.05, 0) is 77.0 Å². The zero-order valence-electron chi connectivity index (χ0n) is 17.3. The van der Waals surface area contributed by atoms with Gasteiger partial charge in [-0.2, -0.15) is 0 Å². The molecule has 8 heteroatoms. The minimum absolute atomic E-state index is 0.233. The lowest BCUT2D eigenvalue weighted by atomic mass is 9.82. The van der Waals surface area contributed by atoms with Crippen LogP contribution >= 0.6 is 0 Å². The molecule has 0 N–H and O–H groups in total. The normalized spacial score (nSPS) is 22.5. The smallest absolute Gasteiger partial charge is 0.336 e. The lowest BCUT2D eigenvalue weighted by Crippen LogP contribution is -2.54. The maximum Gasteiger partial charge on any atom is 0.336 e. The molecule has 0 bridgehead atoms. The second-order valence-electron chi connectivity index (χ2n) is 9.00. The van der Waals surface area contributed by atoms with E-state index in [0.717, 1.165) is 38.5 Å². The molecule has 166 valence electrons. The molecule has 4 aliphatic carbocycles. The Bertz CT molecular complexity index is 616. The van der Waals surface area contributed by atoms with Gasteiger partial charge >= 0.3 is 23.9 Å². The molecule has 0 aromatic heterocycles. The summed E-state index contributed by atoms with van der Waals surface area (Å²) in [7, 11) is 0. The number of rotatable bonds is 9. The second kappa shape index (κ2) is 8.94. The number of esters is 4. The molecule has 0 radical (unpaired) electrons. The van der Waals surface area contributed by atoms with Crippen LogP contribution in [0.15, 0.2) is 0 Å². The standard InChI is InChI=1S/C22H30O8/c23-18(27-14-5-1-6-14)13-22(19(24)28-15-7-2-8-15,20(25)29-16-9-3-10-16)21(26)30-17-11-4-12-17/h14-17H,1-13H2. The molecule has 4 saturated carbocycles. The van der Waals surface area contributed by atoms with Gasteiger partial charge in [-0.15, -0.1) is 0 Å². The lowest BCUT2D eigenvalue weighted by molar-refractivity contribution is -0.199. The molecule has 0 heterocycles. The first kappa shape index (κ1) is 21.1. The summed E-state index contributed by atoms with van der Waals surface area (Å²) >= 11 is 0. The van der Waals surface area contributed by atoms with Crippen LogP contribution in [0.3, 0.4) is 0 Å². The summed E-state index contributed by atoms with van der Waals surface area (Å²) in [6.07, 6.45) is 7.15. The molecule has 0 aliphatic heterocycles. The van der Waals surface area contributed by atoms with E-state index in [1.54, 1.807) is 0 Å². The molecule has 0 aromatic rings. The lowest BCUT2D eigenvalue weighted by Gasteiger charge is -2.36. The monoisotopic (exact) mass is 422 g/mol. The first-order valence-electron chi connectivity index (χ1n) is 11.3. The number of hydrogen-bond acceptors (Lipinski definition) is 8. The highest BCUT2D eigenvalue weighted by Crippen LogP contribution is 2.37. The van der Waals surface area contributed by atoms with E-state index in [1.807, 2.05) is 0 Å². The Balaban J connectivity index is 1.57. The number of carbonyl (C=O) groups is 4. The highest BCUT2D eigenvalue weighted by molar-refractivity contribution is 6.20. The van der Waals surface area contributed by atoms with Crippen LogP contribution in [0.5, 0.6) is 0 Å². The fourth-order valence-corrected chi connectivity index (χ4v) is 3.62. The molecule has 30 heavy (non-hydrogen) atoms. The molecule has 0 amide bonds. The van der Waals surface area contributed by atoms with E-state index >= 15 is 0 Å². The highest BCUT2D eigenvalue weighted by Gasteiger charge is 2.61. The SMILES string of the molecule is O=C(CC(C(=O)OC1CCC1)(C(=O)OC1CCC1)C(=O)OC1CCC1)OC1CCC1. The molecule has 8 nitrogen and oxygen atoms in total. The Kier molecular flexibility index (Phi) is 6.29. The molecule has 4 fully saturated rings. The van der Waals surface area contributed by atoms with Crippen molar-refractivity contribution in [3.8, 4) is 0 Å². The van der Waals surface area contributed by atoms with E-state index in [4.69, 9.17) is 18.9 Å². The third-order valence-electron chi connectivity index (χ3n) is 6.78. The van der Waals surface area contributed by atoms with Gasteiger partial charge in [0.15, 0.2) is 0 Å². The van der Waals surface area contributed by atoms with Gasteiger partial charge in [0.1, 0.15) is 24.4 Å². The van der Waals surface area contributed by atoms with E-state index in [0.29, 0.717) is 38.5 Å². The predicted octanol–water partition coefficient (Wildman–Crippen LogP) is 2.75. The molecule has 4 aliphatic rings. The molecule has 0 spiro atoms. The zero-order chi connectivity index (χ0) is 21.1. The van der Waals surface area contributed by atoms with Crippen LogP contribution in [0.1, 0.15) is 83.5 Å². The van der Waals surface area contributed by atoms with Gasteiger partial charge in [0, 0.05) is 0 Å². The van der Waals surface area contributed by atoms with Gasteiger partial charge in [-0.25, -0.2) is 0 Å². The molecule has 0 saturated heterocycles. The zero-order valence-corrected chi connectivity index (χ0v) is 17.3. The highest BCUT2D eigenvalue weighted by atomic mass is 16.6. The summed E-state index contributed by atoms with van der Waals surface area (Å²) in [5.41, 5.74) is -2.46. The van der Waals surface area contributed by atoms with Crippen molar-refractivity contribution in [3.05, 3.63) is 0 Å². The maximum absolute atomic E-state index is 13.2. The Morgan fingerprint density at radius 1 is 0.533 bits per heavy atom. The van der Waals surface area contributed by atoms with Gasteiger partial charge in [0.05, 0.1) is 6.42 Å². The molecule has 4 rings (SSSR count). The molecular weight excluding hydrogens is 392 g/mol. The summed E-state index contributed by atoms with van der Waals surface area (Å²) in [5, 5.41) is 0. The summed E-state index contributed by atoms with van der Waals surface area (Å²) < 4.78 is 21.7. The number of ether oxygens (including phenoxy) is 4. The first-order chi connectivity index (χ1) is 14.5. The van der Waals surface area contributed by atoms with E-state index in [2.05, 4.69) is 0 Å². The average Bonchev–Trinajstić information content (AvgIpc) is 2.58. The fourth-order valence-electron chi connectivity index (χ4n) is 3.62. The minimum atomic E-state index is -2.46. The summed E-state index contributed by atoms with van der Waals surface area (Å²) in [6, 6.07) is 0. The Morgan fingerprint density at radius 3 is 1.10 bits per heavy atom. The maximum atomic E-state index is 13.2. The molecule has 0 atom stereocenters. The van der Waals surface area contributed by atoms with Gasteiger partial charge in [-0.3, -0.25) is 19.2 Å². The van der Waals surface area contributed by atoms with Crippen LogP contribution in [0.4, 0.5) is 0 Å². The van der Waals surface area contributed by atoms with Crippen LogP contribution < -0.4 is 0 Å². The summed E-state index contributed by atoms with van der Waals surface area (Å²) in [5.74, 6) is -3.93. The quantitative estimate of drug-likeness (QED) is 0.317. The Morgan fingerprint density at radius 2 is 0.833 bits per heavy atom. The van der Waals surface area contributed by atoms with Crippen LogP contribution in [0.2, 0.25) is 0 Å². The van der Waals surface area contributed by atoms with Gasteiger partial charge in [0.25, 0.3) is 5.41 Å². The third-order valence-corrected chi connectivity index (χ3v) is 6.78. The van der Waals surface area contributed by atoms with Crippen molar-refractivity contribution < 1.29 is 38.1 Å². The van der Waals surface area contributed by atoms with Gasteiger partial charge in [-0.1, -0.05) is 0 Å². The van der Waals surface area contributed by atoms with Gasteiger partial charge < -0.3 is 18.9 Å².